The number of thioether (sulfide) groups is 1. The van der Waals surface area contributed by atoms with Crippen LogP contribution in [0.25, 0.3) is 0 Å². The number of anilines is 1. The molecule has 21 heavy (non-hydrogen) atoms. The van der Waals surface area contributed by atoms with Gasteiger partial charge < -0.3 is 10.6 Å². The molecule has 2 rings (SSSR count). The highest BCUT2D eigenvalue weighted by atomic mass is 32.2. The molecule has 116 valence electrons. The summed E-state index contributed by atoms with van der Waals surface area (Å²) in [6.07, 6.45) is 6.13. The molecule has 0 saturated heterocycles. The Balaban J connectivity index is 2.06. The van der Waals surface area contributed by atoms with Gasteiger partial charge in [0.15, 0.2) is 0 Å². The Labute approximate surface area is 130 Å². The van der Waals surface area contributed by atoms with Gasteiger partial charge in [0.05, 0.1) is 11.3 Å². The van der Waals surface area contributed by atoms with Gasteiger partial charge in [-0.05, 0) is 44.1 Å². The van der Waals surface area contributed by atoms with Crippen LogP contribution in [-0.2, 0) is 0 Å². The van der Waals surface area contributed by atoms with Crippen molar-refractivity contribution in [1.82, 2.24) is 5.32 Å². The van der Waals surface area contributed by atoms with Gasteiger partial charge in [-0.15, -0.1) is 0 Å². The molecule has 1 amide bonds. The van der Waals surface area contributed by atoms with Crippen LogP contribution in [0.2, 0.25) is 0 Å². The van der Waals surface area contributed by atoms with Crippen molar-refractivity contribution in [3.8, 4) is 0 Å². The molecule has 3 nitrogen and oxygen atoms in total. The molecular formula is C16H23FN2OS. The first-order chi connectivity index (χ1) is 10.2. The van der Waals surface area contributed by atoms with Gasteiger partial charge in [0.2, 0.25) is 0 Å². The number of rotatable bonds is 6. The van der Waals surface area contributed by atoms with Crippen molar-refractivity contribution in [2.24, 2.45) is 0 Å². The number of carbonyl (C=O) groups is 1. The van der Waals surface area contributed by atoms with Crippen LogP contribution in [0.15, 0.2) is 18.2 Å². The highest BCUT2D eigenvalue weighted by Crippen LogP contribution is 2.29. The fraction of sp³-hybridized carbons (Fsp3) is 0.562. The summed E-state index contributed by atoms with van der Waals surface area (Å²) in [4.78, 5) is 12.4. The first-order valence-electron chi connectivity index (χ1n) is 7.51. The molecule has 1 fully saturated rings. The van der Waals surface area contributed by atoms with Crippen molar-refractivity contribution >= 4 is 23.4 Å². The molecule has 0 heterocycles. The second-order valence-corrected chi connectivity index (χ2v) is 6.57. The topological polar surface area (TPSA) is 41.1 Å². The van der Waals surface area contributed by atoms with E-state index >= 15 is 0 Å². The predicted molar refractivity (Wildman–Crippen MR) is 87.6 cm³/mol. The zero-order valence-electron chi connectivity index (χ0n) is 12.6. The first-order valence-corrected chi connectivity index (χ1v) is 8.80. The van der Waals surface area contributed by atoms with E-state index in [0.717, 1.165) is 25.7 Å². The Morgan fingerprint density at radius 1 is 1.43 bits per heavy atom. The van der Waals surface area contributed by atoms with Crippen LogP contribution in [0.1, 0.15) is 43.0 Å². The van der Waals surface area contributed by atoms with E-state index in [1.165, 1.54) is 6.07 Å². The number of hydrogen-bond acceptors (Lipinski definition) is 3. The largest absolute Gasteiger partial charge is 0.382 e. The smallest absolute Gasteiger partial charge is 0.253 e. The van der Waals surface area contributed by atoms with Crippen LogP contribution in [0, 0.1) is 5.82 Å². The van der Waals surface area contributed by atoms with Gasteiger partial charge >= 0.3 is 0 Å². The van der Waals surface area contributed by atoms with Gasteiger partial charge in [-0.3, -0.25) is 4.79 Å². The third kappa shape index (κ3) is 4.13. The molecule has 0 radical (unpaired) electrons. The van der Waals surface area contributed by atoms with Crippen LogP contribution in [0.5, 0.6) is 0 Å². The lowest BCUT2D eigenvalue weighted by Gasteiger charge is -2.16. The van der Waals surface area contributed by atoms with Gasteiger partial charge in [-0.25, -0.2) is 4.39 Å². The van der Waals surface area contributed by atoms with E-state index in [9.17, 15) is 9.18 Å². The number of nitrogens with one attached hydrogen (secondary N) is 2. The molecule has 1 aromatic carbocycles. The molecule has 1 aliphatic carbocycles. The minimum atomic E-state index is -0.371. The minimum absolute atomic E-state index is 0.181. The predicted octanol–water partition coefficient (Wildman–Crippen LogP) is 3.66. The van der Waals surface area contributed by atoms with Crippen molar-refractivity contribution in [1.29, 1.82) is 0 Å². The molecule has 0 aromatic heterocycles. The van der Waals surface area contributed by atoms with E-state index in [0.29, 0.717) is 23.0 Å². The lowest BCUT2D eigenvalue weighted by atomic mass is 10.1. The summed E-state index contributed by atoms with van der Waals surface area (Å²) < 4.78 is 13.9. The Kier molecular flexibility index (Phi) is 5.91. The van der Waals surface area contributed by atoms with Gasteiger partial charge in [0.1, 0.15) is 5.82 Å². The molecule has 2 unspecified atom stereocenters. The van der Waals surface area contributed by atoms with Crippen LogP contribution in [0.3, 0.4) is 0 Å². The Bertz CT molecular complexity index is 495. The SMILES string of the molecule is CCCNc1c(F)cccc1C(=O)NC1CCC(SC)C1. The number of hydrogen-bond donors (Lipinski definition) is 2. The lowest BCUT2D eigenvalue weighted by molar-refractivity contribution is 0.0938. The van der Waals surface area contributed by atoms with Crippen molar-refractivity contribution in [2.45, 2.75) is 43.9 Å². The minimum Gasteiger partial charge on any atom is -0.382 e. The molecule has 0 bridgehead atoms. The van der Waals surface area contributed by atoms with E-state index in [1.807, 2.05) is 18.7 Å². The van der Waals surface area contributed by atoms with E-state index in [4.69, 9.17) is 0 Å². The number of amides is 1. The molecular weight excluding hydrogens is 287 g/mol. The normalized spacial score (nSPS) is 21.3. The first kappa shape index (κ1) is 16.1. The van der Waals surface area contributed by atoms with Crippen molar-refractivity contribution in [2.75, 3.05) is 18.1 Å². The van der Waals surface area contributed by atoms with Gasteiger partial charge in [-0.1, -0.05) is 13.0 Å². The maximum Gasteiger partial charge on any atom is 0.253 e. The lowest BCUT2D eigenvalue weighted by Crippen LogP contribution is -2.33. The van der Waals surface area contributed by atoms with Crippen molar-refractivity contribution in [3.63, 3.8) is 0 Å². The fourth-order valence-electron chi connectivity index (χ4n) is 2.69. The molecule has 0 aliphatic heterocycles. The molecule has 1 saturated carbocycles. The number of benzene rings is 1. The highest BCUT2D eigenvalue weighted by Gasteiger charge is 2.26. The number of carbonyl (C=O) groups excluding carboxylic acids is 1. The number of halogens is 1. The van der Waals surface area contributed by atoms with E-state index in [1.54, 1.807) is 12.1 Å². The molecule has 5 heteroatoms. The van der Waals surface area contributed by atoms with E-state index in [-0.39, 0.29) is 17.8 Å². The molecule has 1 aromatic rings. The Hall–Kier alpha value is -1.23. The summed E-state index contributed by atoms with van der Waals surface area (Å²) in [5.74, 6) is -0.552. The summed E-state index contributed by atoms with van der Waals surface area (Å²) in [6.45, 7) is 2.66. The molecule has 2 atom stereocenters. The summed E-state index contributed by atoms with van der Waals surface area (Å²) in [5.41, 5.74) is 0.715. The quantitative estimate of drug-likeness (QED) is 0.842. The maximum atomic E-state index is 13.9. The summed E-state index contributed by atoms with van der Waals surface area (Å²) in [6, 6.07) is 4.85. The van der Waals surface area contributed by atoms with Gasteiger partial charge in [0.25, 0.3) is 5.91 Å². The molecule has 0 spiro atoms. The van der Waals surface area contributed by atoms with Gasteiger partial charge in [0, 0.05) is 17.8 Å². The second kappa shape index (κ2) is 7.69. The average Bonchev–Trinajstić information content (AvgIpc) is 2.93. The maximum absolute atomic E-state index is 13.9. The summed E-state index contributed by atoms with van der Waals surface area (Å²) in [5, 5.41) is 6.69. The van der Waals surface area contributed by atoms with Crippen molar-refractivity contribution in [3.05, 3.63) is 29.6 Å². The van der Waals surface area contributed by atoms with E-state index in [2.05, 4.69) is 16.9 Å². The third-order valence-corrected chi connectivity index (χ3v) is 4.96. The molecule has 2 N–H and O–H groups in total. The second-order valence-electron chi connectivity index (χ2n) is 5.43. The Morgan fingerprint density at radius 2 is 2.24 bits per heavy atom. The van der Waals surface area contributed by atoms with Gasteiger partial charge in [-0.2, -0.15) is 11.8 Å². The van der Waals surface area contributed by atoms with Crippen LogP contribution in [0.4, 0.5) is 10.1 Å². The van der Waals surface area contributed by atoms with Crippen LogP contribution in [-0.4, -0.2) is 30.0 Å². The highest BCUT2D eigenvalue weighted by molar-refractivity contribution is 7.99. The Morgan fingerprint density at radius 3 is 2.90 bits per heavy atom. The zero-order chi connectivity index (χ0) is 15.2. The standard InChI is InChI=1S/C16H23FN2OS/c1-3-9-18-15-13(5-4-6-14(15)17)16(20)19-11-7-8-12(10-11)21-2/h4-6,11-12,18H,3,7-10H2,1-2H3,(H,19,20). The fourth-order valence-corrected chi connectivity index (χ4v) is 3.49. The monoisotopic (exact) mass is 310 g/mol. The van der Waals surface area contributed by atoms with E-state index < -0.39 is 0 Å². The third-order valence-electron chi connectivity index (χ3n) is 3.86. The van der Waals surface area contributed by atoms with Crippen LogP contribution < -0.4 is 10.6 Å². The van der Waals surface area contributed by atoms with Crippen molar-refractivity contribution < 1.29 is 9.18 Å². The van der Waals surface area contributed by atoms with Crippen LogP contribution >= 0.6 is 11.8 Å². The summed E-state index contributed by atoms with van der Waals surface area (Å²) in [7, 11) is 0. The molecule has 1 aliphatic rings. The summed E-state index contributed by atoms with van der Waals surface area (Å²) >= 11 is 1.85. The number of para-hydroxylation sites is 1. The zero-order valence-corrected chi connectivity index (χ0v) is 13.4. The average molecular weight is 310 g/mol.